The fourth-order valence-electron chi connectivity index (χ4n) is 6.24. The van der Waals surface area contributed by atoms with E-state index in [-0.39, 0.29) is 0 Å². The zero-order valence-corrected chi connectivity index (χ0v) is 27.9. The monoisotopic (exact) mass is 664 g/mol. The molecule has 242 valence electrons. The largest absolute Gasteiger partial charge is 0.480 e. The number of hydrogen-bond acceptors (Lipinski definition) is 10. The van der Waals surface area contributed by atoms with Crippen LogP contribution >= 0.6 is 23.2 Å². The number of nitrogens with zero attached hydrogens (tertiary/aromatic N) is 6. The Morgan fingerprint density at radius 2 is 1.09 bits per heavy atom. The first kappa shape index (κ1) is 32.6. The lowest BCUT2D eigenvalue weighted by molar-refractivity contribution is 0.0670. The molecule has 0 radical (unpaired) electrons. The predicted molar refractivity (Wildman–Crippen MR) is 178 cm³/mol. The van der Waals surface area contributed by atoms with Gasteiger partial charge in [0.15, 0.2) is 0 Å². The van der Waals surface area contributed by atoms with E-state index in [9.17, 15) is 10.2 Å². The lowest BCUT2D eigenvalue weighted by atomic mass is 9.98. The SMILES string of the molecule is COc1nc(-c2cccc(-c3cccc(-c4cnc(CN5CC[C@](C)(O)C5)c(OC)n4)c3Cl)c2Cl)cnc1CN1CC[C@](C)(O)C1. The number of benzene rings is 2. The topological polar surface area (TPSA) is 117 Å². The summed E-state index contributed by atoms with van der Waals surface area (Å²) in [5.41, 5.74) is 3.96. The van der Waals surface area contributed by atoms with Crippen LogP contribution in [-0.4, -0.2) is 91.5 Å². The van der Waals surface area contributed by atoms with Crippen molar-refractivity contribution in [1.82, 2.24) is 29.7 Å². The molecule has 0 bridgehead atoms. The van der Waals surface area contributed by atoms with Crippen LogP contribution in [0.25, 0.3) is 33.6 Å². The lowest BCUT2D eigenvalue weighted by Crippen LogP contribution is -2.29. The van der Waals surface area contributed by atoms with Crippen LogP contribution in [0.2, 0.25) is 10.0 Å². The van der Waals surface area contributed by atoms with Crippen molar-refractivity contribution in [2.75, 3.05) is 40.4 Å². The first-order chi connectivity index (χ1) is 22.0. The van der Waals surface area contributed by atoms with Gasteiger partial charge in [-0.05, 0) is 26.7 Å². The van der Waals surface area contributed by atoms with E-state index in [1.165, 1.54) is 0 Å². The molecule has 2 aliphatic heterocycles. The van der Waals surface area contributed by atoms with Crippen molar-refractivity contribution in [3.05, 3.63) is 70.2 Å². The van der Waals surface area contributed by atoms with Gasteiger partial charge in [0.25, 0.3) is 0 Å². The van der Waals surface area contributed by atoms with Gasteiger partial charge in [-0.2, -0.15) is 0 Å². The van der Waals surface area contributed by atoms with Crippen LogP contribution in [0.3, 0.4) is 0 Å². The number of likely N-dealkylation sites (tertiary alicyclic amines) is 2. The summed E-state index contributed by atoms with van der Waals surface area (Å²) in [5, 5.41) is 21.7. The van der Waals surface area contributed by atoms with Gasteiger partial charge in [-0.3, -0.25) is 19.8 Å². The van der Waals surface area contributed by atoms with Crippen molar-refractivity contribution in [3.8, 4) is 45.4 Å². The van der Waals surface area contributed by atoms with Crippen LogP contribution in [0.4, 0.5) is 0 Å². The van der Waals surface area contributed by atoms with E-state index in [0.29, 0.717) is 94.7 Å². The molecule has 6 rings (SSSR count). The summed E-state index contributed by atoms with van der Waals surface area (Å²) in [6, 6.07) is 11.4. The third-order valence-corrected chi connectivity index (χ3v) is 9.47. The van der Waals surface area contributed by atoms with Gasteiger partial charge in [0.1, 0.15) is 11.4 Å². The standard InChI is InChI=1S/C34H38Cl2N6O4/c1-33(43)11-13-41(19-33)17-27-31(45-3)39-25(15-37-27)23-9-5-7-21(29(23)35)22-8-6-10-24(30(22)36)26-16-38-28(32(40-26)46-4)18-42-14-12-34(2,44)20-42/h5-10,15-16,43-44H,11-14,17-20H2,1-4H3/t33-,34-/m0/s1. The average Bonchev–Trinajstić information content (AvgIpc) is 3.56. The fourth-order valence-corrected chi connectivity index (χ4v) is 6.89. The Balaban J connectivity index is 1.28. The number of rotatable bonds is 9. The summed E-state index contributed by atoms with van der Waals surface area (Å²) in [6.07, 6.45) is 4.81. The number of halogens is 2. The molecule has 2 fully saturated rings. The number of β-amino-alcohol motifs (C(OH)–C–C–N with tert-alkyl or cyclic N) is 2. The van der Waals surface area contributed by atoms with Gasteiger partial charge < -0.3 is 19.7 Å². The maximum absolute atomic E-state index is 10.4. The summed E-state index contributed by atoms with van der Waals surface area (Å²) >= 11 is 14.1. The molecule has 4 heterocycles. The molecule has 2 aliphatic rings. The second kappa shape index (κ2) is 13.0. The van der Waals surface area contributed by atoms with Crippen LogP contribution in [-0.2, 0) is 13.1 Å². The maximum atomic E-state index is 10.4. The highest BCUT2D eigenvalue weighted by molar-refractivity contribution is 6.39. The smallest absolute Gasteiger partial charge is 0.237 e. The number of ether oxygens (including phenoxy) is 2. The van der Waals surface area contributed by atoms with E-state index in [1.54, 1.807) is 26.6 Å². The quantitative estimate of drug-likeness (QED) is 0.237. The molecule has 10 nitrogen and oxygen atoms in total. The summed E-state index contributed by atoms with van der Waals surface area (Å²) in [6.45, 7) is 7.43. The van der Waals surface area contributed by atoms with Crippen molar-refractivity contribution in [2.24, 2.45) is 0 Å². The molecule has 0 saturated carbocycles. The van der Waals surface area contributed by atoms with Crippen LogP contribution in [0, 0.1) is 0 Å². The normalized spacial score (nSPS) is 22.0. The molecule has 2 atom stereocenters. The minimum atomic E-state index is -0.702. The Hall–Kier alpha value is -3.38. The minimum absolute atomic E-state index is 0.414. The molecular weight excluding hydrogens is 627 g/mol. The molecule has 0 amide bonds. The zero-order valence-electron chi connectivity index (χ0n) is 26.4. The summed E-state index contributed by atoms with van der Waals surface area (Å²) in [4.78, 5) is 23.1. The van der Waals surface area contributed by atoms with E-state index >= 15 is 0 Å². The van der Waals surface area contributed by atoms with Crippen molar-refractivity contribution in [1.29, 1.82) is 0 Å². The minimum Gasteiger partial charge on any atom is -0.480 e. The summed E-state index contributed by atoms with van der Waals surface area (Å²) < 4.78 is 11.2. The number of aliphatic hydroxyl groups is 2. The molecule has 0 aliphatic carbocycles. The molecule has 12 heteroatoms. The van der Waals surface area contributed by atoms with Crippen LogP contribution in [0.5, 0.6) is 11.8 Å². The molecule has 2 aromatic carbocycles. The predicted octanol–water partition coefficient (Wildman–Crippen LogP) is 5.51. The highest BCUT2D eigenvalue weighted by Gasteiger charge is 2.33. The second-order valence-corrected chi connectivity index (χ2v) is 13.4. The van der Waals surface area contributed by atoms with Crippen molar-refractivity contribution in [3.63, 3.8) is 0 Å². The Morgan fingerprint density at radius 1 is 0.696 bits per heavy atom. The van der Waals surface area contributed by atoms with Crippen LogP contribution < -0.4 is 9.47 Å². The van der Waals surface area contributed by atoms with Gasteiger partial charge in [0.2, 0.25) is 11.8 Å². The van der Waals surface area contributed by atoms with Gasteiger partial charge >= 0.3 is 0 Å². The molecule has 4 aromatic rings. The van der Waals surface area contributed by atoms with Crippen molar-refractivity contribution in [2.45, 2.75) is 51.0 Å². The Morgan fingerprint density at radius 3 is 1.43 bits per heavy atom. The summed E-state index contributed by atoms with van der Waals surface area (Å²) in [5.74, 6) is 0.827. The van der Waals surface area contributed by atoms with Crippen LogP contribution in [0.15, 0.2) is 48.8 Å². The highest BCUT2D eigenvalue weighted by Crippen LogP contribution is 2.42. The van der Waals surface area contributed by atoms with E-state index in [1.807, 2.05) is 50.2 Å². The van der Waals surface area contributed by atoms with Gasteiger partial charge in [0.05, 0.1) is 59.2 Å². The van der Waals surface area contributed by atoms with E-state index in [0.717, 1.165) is 24.2 Å². The lowest BCUT2D eigenvalue weighted by Gasteiger charge is -2.19. The van der Waals surface area contributed by atoms with E-state index in [2.05, 4.69) is 19.8 Å². The Kier molecular flexibility index (Phi) is 9.22. The number of methoxy groups -OCH3 is 2. The Bertz CT molecular complexity index is 1620. The molecular formula is C34H38Cl2N6O4. The third-order valence-electron chi connectivity index (χ3n) is 8.66. The van der Waals surface area contributed by atoms with Crippen molar-refractivity contribution >= 4 is 23.2 Å². The average molecular weight is 666 g/mol. The van der Waals surface area contributed by atoms with E-state index < -0.39 is 11.2 Å². The van der Waals surface area contributed by atoms with Gasteiger partial charge in [-0.1, -0.05) is 59.6 Å². The fraction of sp³-hybridized carbons (Fsp3) is 0.412. The van der Waals surface area contributed by atoms with Crippen molar-refractivity contribution < 1.29 is 19.7 Å². The first-order valence-corrected chi connectivity index (χ1v) is 16.0. The van der Waals surface area contributed by atoms with Gasteiger partial charge in [-0.25, -0.2) is 9.97 Å². The van der Waals surface area contributed by atoms with Crippen LogP contribution in [0.1, 0.15) is 38.1 Å². The maximum Gasteiger partial charge on any atom is 0.237 e. The molecule has 2 saturated heterocycles. The molecule has 0 unspecified atom stereocenters. The van der Waals surface area contributed by atoms with E-state index in [4.69, 9.17) is 42.6 Å². The molecule has 46 heavy (non-hydrogen) atoms. The zero-order chi connectivity index (χ0) is 32.6. The Labute approximate surface area is 279 Å². The summed E-state index contributed by atoms with van der Waals surface area (Å²) in [7, 11) is 3.14. The first-order valence-electron chi connectivity index (χ1n) is 15.2. The molecule has 0 spiro atoms. The molecule has 2 N–H and O–H groups in total. The number of hydrogen-bond donors (Lipinski definition) is 2. The highest BCUT2D eigenvalue weighted by atomic mass is 35.5. The molecule has 2 aromatic heterocycles. The third kappa shape index (κ3) is 6.83. The van der Waals surface area contributed by atoms with Gasteiger partial charge in [0, 0.05) is 61.5 Å². The number of aromatic nitrogens is 4. The van der Waals surface area contributed by atoms with Gasteiger partial charge in [-0.15, -0.1) is 0 Å². The second-order valence-electron chi connectivity index (χ2n) is 12.7.